The van der Waals surface area contributed by atoms with Crippen molar-refractivity contribution in [3.05, 3.63) is 0 Å². The van der Waals surface area contributed by atoms with E-state index in [1.54, 1.807) is 13.8 Å². The third-order valence-electron chi connectivity index (χ3n) is 3.52. The fraction of sp³-hybridized carbons (Fsp3) is 0.875. The zero-order chi connectivity index (χ0) is 16.7. The highest BCUT2D eigenvalue weighted by atomic mass is 16.6. The predicted molar refractivity (Wildman–Crippen MR) is 84.4 cm³/mol. The normalized spacial score (nSPS) is 19.6. The van der Waals surface area contributed by atoms with E-state index < -0.39 is 12.1 Å². The number of ether oxygens (including phenoxy) is 2. The van der Waals surface area contributed by atoms with E-state index >= 15 is 0 Å². The maximum atomic E-state index is 12.5. The van der Waals surface area contributed by atoms with Crippen LogP contribution in [0.2, 0.25) is 0 Å². The van der Waals surface area contributed by atoms with Crippen LogP contribution in [0.15, 0.2) is 0 Å². The number of carbonyl (C=O) groups is 2. The average Bonchev–Trinajstić information content (AvgIpc) is 2.91. The largest absolute Gasteiger partial charge is 0.447 e. The number of carbonyl (C=O) groups excluding carboxylic acids is 2. The van der Waals surface area contributed by atoms with E-state index in [1.807, 2.05) is 20.8 Å². The highest BCUT2D eigenvalue weighted by molar-refractivity contribution is 5.86. The highest BCUT2D eigenvalue weighted by Crippen LogP contribution is 2.19. The lowest BCUT2D eigenvalue weighted by atomic mass is 10.1. The Morgan fingerprint density at radius 3 is 2.50 bits per heavy atom. The number of nitrogens with one attached hydrogen (secondary N) is 1. The van der Waals surface area contributed by atoms with Gasteiger partial charge in [0.05, 0.1) is 6.10 Å². The number of rotatable bonds is 7. The Balaban J connectivity index is 2.63. The van der Waals surface area contributed by atoms with Crippen LogP contribution in [0.5, 0.6) is 0 Å². The number of hydrogen-bond donors (Lipinski definition) is 1. The number of hydrogen-bond acceptors (Lipinski definition) is 4. The van der Waals surface area contributed by atoms with Crippen LogP contribution in [-0.4, -0.2) is 48.4 Å². The van der Waals surface area contributed by atoms with Gasteiger partial charge in [0.25, 0.3) is 0 Å². The summed E-state index contributed by atoms with van der Waals surface area (Å²) in [5, 5.41) is 2.92. The van der Waals surface area contributed by atoms with E-state index in [-0.39, 0.29) is 24.2 Å². The Labute approximate surface area is 133 Å². The summed E-state index contributed by atoms with van der Waals surface area (Å²) in [6.07, 6.45) is 1.45. The molecule has 0 aliphatic carbocycles. The Morgan fingerprint density at radius 1 is 1.27 bits per heavy atom. The summed E-state index contributed by atoms with van der Waals surface area (Å²) in [6.45, 7) is 10.8. The summed E-state index contributed by atoms with van der Waals surface area (Å²) in [7, 11) is 0. The maximum absolute atomic E-state index is 12.5. The van der Waals surface area contributed by atoms with Crippen molar-refractivity contribution in [2.75, 3.05) is 13.2 Å². The van der Waals surface area contributed by atoms with Crippen molar-refractivity contribution in [1.29, 1.82) is 0 Å². The fourth-order valence-corrected chi connectivity index (χ4v) is 2.41. The van der Waals surface area contributed by atoms with Crippen LogP contribution in [0.1, 0.15) is 53.9 Å². The molecular weight excluding hydrogens is 284 g/mol. The fourth-order valence-electron chi connectivity index (χ4n) is 2.41. The van der Waals surface area contributed by atoms with Crippen molar-refractivity contribution in [1.82, 2.24) is 10.2 Å². The van der Waals surface area contributed by atoms with Crippen LogP contribution in [0.4, 0.5) is 4.79 Å². The first kappa shape index (κ1) is 18.7. The van der Waals surface area contributed by atoms with Crippen LogP contribution in [0.3, 0.4) is 0 Å². The summed E-state index contributed by atoms with van der Waals surface area (Å²) in [5.74, 6) is 0.0148. The molecule has 1 aliphatic heterocycles. The molecule has 128 valence electrons. The van der Waals surface area contributed by atoms with E-state index in [4.69, 9.17) is 9.47 Å². The van der Waals surface area contributed by atoms with E-state index in [0.29, 0.717) is 19.6 Å². The minimum Gasteiger partial charge on any atom is -0.447 e. The quantitative estimate of drug-likeness (QED) is 0.733. The third kappa shape index (κ3) is 5.48. The highest BCUT2D eigenvalue weighted by Gasteiger charge is 2.36. The van der Waals surface area contributed by atoms with Crippen molar-refractivity contribution in [2.45, 2.75) is 72.3 Å². The van der Waals surface area contributed by atoms with Gasteiger partial charge in [0, 0.05) is 13.2 Å². The van der Waals surface area contributed by atoms with Gasteiger partial charge in [-0.05, 0) is 39.0 Å². The lowest BCUT2D eigenvalue weighted by Gasteiger charge is -2.28. The predicted octanol–water partition coefficient (Wildman–Crippen LogP) is 2.52. The van der Waals surface area contributed by atoms with Gasteiger partial charge in [0.15, 0.2) is 0 Å². The van der Waals surface area contributed by atoms with E-state index in [2.05, 4.69) is 5.32 Å². The molecule has 0 radical (unpaired) electrons. The first-order valence-corrected chi connectivity index (χ1v) is 8.26. The number of likely N-dealkylation sites (tertiary alicyclic amines) is 1. The van der Waals surface area contributed by atoms with Gasteiger partial charge in [-0.3, -0.25) is 9.69 Å². The van der Waals surface area contributed by atoms with Crippen LogP contribution < -0.4 is 5.32 Å². The molecule has 22 heavy (non-hydrogen) atoms. The van der Waals surface area contributed by atoms with Crippen LogP contribution in [0.25, 0.3) is 0 Å². The summed E-state index contributed by atoms with van der Waals surface area (Å²) in [6, 6.07) is -0.460. The molecule has 2 atom stereocenters. The molecule has 1 saturated heterocycles. The van der Waals surface area contributed by atoms with Crippen molar-refractivity contribution < 1.29 is 19.1 Å². The minimum atomic E-state index is -0.460. The van der Waals surface area contributed by atoms with E-state index in [0.717, 1.165) is 12.8 Å². The maximum Gasteiger partial charge on any atom is 0.410 e. The van der Waals surface area contributed by atoms with E-state index in [1.165, 1.54) is 4.90 Å². The molecule has 0 aromatic rings. The SMILES string of the molecule is CCCOC(NC(=O)[C@@H]1CCCN1C(=O)OC(C)C)C(C)C. The van der Waals surface area contributed by atoms with Gasteiger partial charge < -0.3 is 14.8 Å². The molecule has 1 heterocycles. The van der Waals surface area contributed by atoms with Crippen molar-refractivity contribution in [3.63, 3.8) is 0 Å². The minimum absolute atomic E-state index is 0.159. The zero-order valence-corrected chi connectivity index (χ0v) is 14.4. The van der Waals surface area contributed by atoms with Gasteiger partial charge in [-0.25, -0.2) is 4.79 Å². The second-order valence-corrected chi connectivity index (χ2v) is 6.33. The molecule has 6 heteroatoms. The van der Waals surface area contributed by atoms with Crippen molar-refractivity contribution in [2.24, 2.45) is 5.92 Å². The number of nitrogens with zero attached hydrogens (tertiary/aromatic N) is 1. The molecular formula is C16H30N2O4. The summed E-state index contributed by atoms with van der Waals surface area (Å²) < 4.78 is 10.9. The molecule has 6 nitrogen and oxygen atoms in total. The van der Waals surface area contributed by atoms with Gasteiger partial charge in [-0.1, -0.05) is 20.8 Å². The second-order valence-electron chi connectivity index (χ2n) is 6.33. The third-order valence-corrected chi connectivity index (χ3v) is 3.52. The molecule has 1 fully saturated rings. The molecule has 1 aliphatic rings. The molecule has 1 rings (SSSR count). The Morgan fingerprint density at radius 2 is 1.95 bits per heavy atom. The van der Waals surface area contributed by atoms with Gasteiger partial charge in [-0.15, -0.1) is 0 Å². The van der Waals surface area contributed by atoms with Gasteiger partial charge in [0.1, 0.15) is 12.3 Å². The van der Waals surface area contributed by atoms with Gasteiger partial charge in [0.2, 0.25) is 5.91 Å². The Kier molecular flexibility index (Phi) is 7.65. The smallest absolute Gasteiger partial charge is 0.410 e. The van der Waals surface area contributed by atoms with Crippen LogP contribution >= 0.6 is 0 Å². The number of amides is 2. The molecule has 1 unspecified atom stereocenters. The molecule has 0 aromatic carbocycles. The zero-order valence-electron chi connectivity index (χ0n) is 14.4. The van der Waals surface area contributed by atoms with Crippen molar-refractivity contribution in [3.8, 4) is 0 Å². The molecule has 0 aromatic heterocycles. The average molecular weight is 314 g/mol. The molecule has 2 amide bonds. The molecule has 1 N–H and O–H groups in total. The first-order valence-electron chi connectivity index (χ1n) is 8.26. The van der Waals surface area contributed by atoms with Gasteiger partial charge in [-0.2, -0.15) is 0 Å². The molecule has 0 saturated carbocycles. The Bertz CT molecular complexity index is 371. The Hall–Kier alpha value is -1.30. The molecule has 0 bridgehead atoms. The van der Waals surface area contributed by atoms with E-state index in [9.17, 15) is 9.59 Å². The second kappa shape index (κ2) is 8.98. The monoisotopic (exact) mass is 314 g/mol. The summed E-state index contributed by atoms with van der Waals surface area (Å²) in [5.41, 5.74) is 0. The molecule has 0 spiro atoms. The van der Waals surface area contributed by atoms with Crippen LogP contribution in [0, 0.1) is 5.92 Å². The summed E-state index contributed by atoms with van der Waals surface area (Å²) in [4.78, 5) is 26.1. The lowest BCUT2D eigenvalue weighted by molar-refractivity contribution is -0.131. The first-order chi connectivity index (χ1) is 10.4. The summed E-state index contributed by atoms with van der Waals surface area (Å²) >= 11 is 0. The van der Waals surface area contributed by atoms with Crippen LogP contribution in [-0.2, 0) is 14.3 Å². The lowest BCUT2D eigenvalue weighted by Crippen LogP contribution is -2.51. The van der Waals surface area contributed by atoms with Crippen molar-refractivity contribution >= 4 is 12.0 Å². The standard InChI is InChI=1S/C16H30N2O4/c1-6-10-21-15(11(2)3)17-14(19)13-8-7-9-18(13)16(20)22-12(4)5/h11-13,15H,6-10H2,1-5H3,(H,17,19)/t13-,15?/m0/s1. The van der Waals surface area contributed by atoms with Gasteiger partial charge >= 0.3 is 6.09 Å². The topological polar surface area (TPSA) is 67.9 Å².